The van der Waals surface area contributed by atoms with Gasteiger partial charge in [-0.25, -0.2) is 4.79 Å². The van der Waals surface area contributed by atoms with Crippen molar-refractivity contribution in [1.29, 1.82) is 0 Å². The highest BCUT2D eigenvalue weighted by atomic mass is 16.2. The van der Waals surface area contributed by atoms with Gasteiger partial charge in [-0.1, -0.05) is 26.0 Å². The lowest BCUT2D eigenvalue weighted by molar-refractivity contribution is -0.115. The first-order valence-corrected chi connectivity index (χ1v) is 8.71. The Kier molecular flexibility index (Phi) is 6.61. The van der Waals surface area contributed by atoms with Gasteiger partial charge in [-0.2, -0.15) is 0 Å². The fourth-order valence-electron chi connectivity index (χ4n) is 2.73. The summed E-state index contributed by atoms with van der Waals surface area (Å²) >= 11 is 0. The second-order valence-corrected chi connectivity index (χ2v) is 6.12. The summed E-state index contributed by atoms with van der Waals surface area (Å²) in [6.45, 7) is 10.4. The van der Waals surface area contributed by atoms with Gasteiger partial charge in [0.2, 0.25) is 5.91 Å². The molecule has 24 heavy (non-hydrogen) atoms. The van der Waals surface area contributed by atoms with E-state index in [0.29, 0.717) is 6.42 Å². The summed E-state index contributed by atoms with van der Waals surface area (Å²) in [6, 6.07) is 7.52. The van der Waals surface area contributed by atoms with E-state index in [4.69, 9.17) is 0 Å². The van der Waals surface area contributed by atoms with Crippen LogP contribution in [0.3, 0.4) is 0 Å². The molecular weight excluding hydrogens is 304 g/mol. The molecule has 6 heteroatoms. The first kappa shape index (κ1) is 18.3. The van der Waals surface area contributed by atoms with E-state index in [-0.39, 0.29) is 18.0 Å². The average molecular weight is 332 g/mol. The van der Waals surface area contributed by atoms with Crippen LogP contribution in [-0.4, -0.2) is 54.5 Å². The van der Waals surface area contributed by atoms with Crippen molar-refractivity contribution >= 4 is 17.6 Å². The van der Waals surface area contributed by atoms with Crippen LogP contribution in [0.15, 0.2) is 24.3 Å². The Bertz CT molecular complexity index is 551. The molecule has 0 radical (unpaired) electrons. The second kappa shape index (κ2) is 8.68. The van der Waals surface area contributed by atoms with E-state index in [0.717, 1.165) is 44.0 Å². The molecule has 2 N–H and O–H groups in total. The molecular formula is C18H28N4O2. The molecule has 3 amide bonds. The predicted molar refractivity (Wildman–Crippen MR) is 96.0 cm³/mol. The van der Waals surface area contributed by atoms with E-state index in [2.05, 4.69) is 22.5 Å². The lowest BCUT2D eigenvalue weighted by atomic mass is 10.1. The van der Waals surface area contributed by atoms with E-state index < -0.39 is 0 Å². The van der Waals surface area contributed by atoms with E-state index >= 15 is 0 Å². The molecule has 0 aliphatic carbocycles. The molecule has 0 bridgehead atoms. The van der Waals surface area contributed by atoms with Crippen molar-refractivity contribution in [2.24, 2.45) is 0 Å². The van der Waals surface area contributed by atoms with Crippen molar-refractivity contribution < 1.29 is 9.59 Å². The molecule has 1 fully saturated rings. The minimum atomic E-state index is -0.0716. The molecule has 1 aliphatic heterocycles. The third kappa shape index (κ3) is 4.96. The number of urea groups is 1. The molecule has 1 aromatic rings. The van der Waals surface area contributed by atoms with Crippen LogP contribution >= 0.6 is 0 Å². The molecule has 1 atom stereocenters. The highest BCUT2D eigenvalue weighted by Crippen LogP contribution is 2.17. The summed E-state index contributed by atoms with van der Waals surface area (Å²) in [5, 5.41) is 5.87. The smallest absolute Gasteiger partial charge is 0.317 e. The summed E-state index contributed by atoms with van der Waals surface area (Å²) in [4.78, 5) is 28.0. The van der Waals surface area contributed by atoms with Crippen molar-refractivity contribution in [3.63, 3.8) is 0 Å². The number of nitrogens with one attached hydrogen (secondary N) is 2. The zero-order valence-corrected chi connectivity index (χ0v) is 14.8. The van der Waals surface area contributed by atoms with Crippen LogP contribution in [0.25, 0.3) is 0 Å². The van der Waals surface area contributed by atoms with Gasteiger partial charge in [0.15, 0.2) is 0 Å². The van der Waals surface area contributed by atoms with E-state index in [9.17, 15) is 9.59 Å². The molecule has 132 valence electrons. The molecule has 1 aromatic carbocycles. The molecule has 1 heterocycles. The number of carbonyl (C=O) groups is 2. The second-order valence-electron chi connectivity index (χ2n) is 6.12. The molecule has 0 saturated carbocycles. The maximum atomic E-state index is 12.4. The topological polar surface area (TPSA) is 64.7 Å². The lowest BCUT2D eigenvalue weighted by Gasteiger charge is -2.34. The summed E-state index contributed by atoms with van der Waals surface area (Å²) in [6.07, 6.45) is 0.458. The zero-order chi connectivity index (χ0) is 17.5. The van der Waals surface area contributed by atoms with Gasteiger partial charge in [-0.3, -0.25) is 4.79 Å². The van der Waals surface area contributed by atoms with Gasteiger partial charge in [0.1, 0.15) is 0 Å². The minimum Gasteiger partial charge on any atom is -0.331 e. The minimum absolute atomic E-state index is 0.00433. The van der Waals surface area contributed by atoms with E-state index in [1.54, 1.807) is 0 Å². The fraction of sp³-hybridized carbons (Fsp3) is 0.556. The molecule has 2 rings (SSSR count). The molecule has 6 nitrogen and oxygen atoms in total. The van der Waals surface area contributed by atoms with Gasteiger partial charge in [-0.15, -0.1) is 0 Å². The van der Waals surface area contributed by atoms with Gasteiger partial charge < -0.3 is 20.4 Å². The normalized spacial score (nSPS) is 16.5. The Morgan fingerprint density at radius 1 is 1.08 bits per heavy atom. The Balaban J connectivity index is 1.86. The van der Waals surface area contributed by atoms with Gasteiger partial charge in [-0.05, 0) is 31.2 Å². The van der Waals surface area contributed by atoms with Crippen LogP contribution in [-0.2, 0) is 4.79 Å². The first-order valence-electron chi connectivity index (χ1n) is 8.71. The number of piperazine rings is 1. The van der Waals surface area contributed by atoms with Crippen LogP contribution < -0.4 is 10.6 Å². The molecule has 1 unspecified atom stereocenters. The first-order chi connectivity index (χ1) is 11.5. The van der Waals surface area contributed by atoms with Crippen molar-refractivity contribution in [1.82, 2.24) is 15.1 Å². The van der Waals surface area contributed by atoms with Gasteiger partial charge in [0.05, 0.1) is 6.04 Å². The molecule has 1 saturated heterocycles. The monoisotopic (exact) mass is 332 g/mol. The maximum absolute atomic E-state index is 12.4. The average Bonchev–Trinajstić information content (AvgIpc) is 2.62. The third-order valence-electron chi connectivity index (χ3n) is 4.46. The Labute approximate surface area is 144 Å². The Hall–Kier alpha value is -2.08. The Morgan fingerprint density at radius 2 is 1.71 bits per heavy atom. The van der Waals surface area contributed by atoms with Crippen molar-refractivity contribution in [2.45, 2.75) is 33.2 Å². The number of carbonyl (C=O) groups excluding carboxylic acids is 2. The number of hydrogen-bond acceptors (Lipinski definition) is 3. The van der Waals surface area contributed by atoms with Crippen LogP contribution in [0.4, 0.5) is 10.5 Å². The predicted octanol–water partition coefficient (Wildman–Crippen LogP) is 2.44. The van der Waals surface area contributed by atoms with Gasteiger partial charge >= 0.3 is 6.03 Å². The summed E-state index contributed by atoms with van der Waals surface area (Å²) in [7, 11) is 0. The van der Waals surface area contributed by atoms with Crippen LogP contribution in [0.2, 0.25) is 0 Å². The molecule has 0 spiro atoms. The number of hydrogen-bond donors (Lipinski definition) is 2. The standard InChI is InChI=1S/C18H28N4O2/c1-4-17(23)20-16-8-6-15(7-9-16)14(3)19-18(24)22-12-10-21(5-2)11-13-22/h6-9,14H,4-5,10-13H2,1-3H3,(H,19,24)(H,20,23). The van der Waals surface area contributed by atoms with Crippen LogP contribution in [0.1, 0.15) is 38.8 Å². The van der Waals surface area contributed by atoms with Gasteiger partial charge in [0.25, 0.3) is 0 Å². The largest absolute Gasteiger partial charge is 0.331 e. The number of rotatable bonds is 5. The molecule has 0 aromatic heterocycles. The summed E-state index contributed by atoms with van der Waals surface area (Å²) in [5.74, 6) is -0.00433. The fourth-order valence-corrected chi connectivity index (χ4v) is 2.73. The Morgan fingerprint density at radius 3 is 2.25 bits per heavy atom. The van der Waals surface area contributed by atoms with Crippen LogP contribution in [0.5, 0.6) is 0 Å². The van der Waals surface area contributed by atoms with E-state index in [1.807, 2.05) is 43.0 Å². The molecule has 1 aliphatic rings. The quantitative estimate of drug-likeness (QED) is 0.870. The maximum Gasteiger partial charge on any atom is 0.317 e. The number of amides is 3. The summed E-state index contributed by atoms with van der Waals surface area (Å²) in [5.41, 5.74) is 1.80. The van der Waals surface area contributed by atoms with E-state index in [1.165, 1.54) is 0 Å². The number of anilines is 1. The third-order valence-corrected chi connectivity index (χ3v) is 4.46. The highest BCUT2D eigenvalue weighted by molar-refractivity contribution is 5.90. The number of nitrogens with zero attached hydrogens (tertiary/aromatic N) is 2. The van der Waals surface area contributed by atoms with Gasteiger partial charge in [0, 0.05) is 38.3 Å². The highest BCUT2D eigenvalue weighted by Gasteiger charge is 2.21. The zero-order valence-electron chi connectivity index (χ0n) is 14.8. The lowest BCUT2D eigenvalue weighted by Crippen LogP contribution is -2.51. The SMILES string of the molecule is CCC(=O)Nc1ccc(C(C)NC(=O)N2CCN(CC)CC2)cc1. The number of benzene rings is 1. The number of likely N-dealkylation sites (N-methyl/N-ethyl adjacent to an activating group) is 1. The van der Waals surface area contributed by atoms with Crippen LogP contribution in [0, 0.1) is 0 Å². The summed E-state index contributed by atoms with van der Waals surface area (Å²) < 4.78 is 0. The van der Waals surface area contributed by atoms with Crippen molar-refractivity contribution in [3.05, 3.63) is 29.8 Å². The van der Waals surface area contributed by atoms with Crippen molar-refractivity contribution in [2.75, 3.05) is 38.0 Å². The van der Waals surface area contributed by atoms with Crippen molar-refractivity contribution in [3.8, 4) is 0 Å².